The van der Waals surface area contributed by atoms with Crippen molar-refractivity contribution in [2.75, 3.05) is 11.4 Å². The van der Waals surface area contributed by atoms with E-state index in [-0.39, 0.29) is 17.9 Å². The van der Waals surface area contributed by atoms with Crippen LogP contribution in [0, 0.1) is 0 Å². The number of hydrogen-bond acceptors (Lipinski definition) is 4. The molecule has 1 heterocycles. The molecule has 0 radical (unpaired) electrons. The molecular weight excluding hydrogens is 380 g/mol. The molecule has 1 saturated heterocycles. The van der Waals surface area contributed by atoms with Gasteiger partial charge < -0.3 is 15.0 Å². The van der Waals surface area contributed by atoms with Gasteiger partial charge in [0.2, 0.25) is 5.91 Å². The van der Waals surface area contributed by atoms with E-state index in [0.717, 1.165) is 36.9 Å². The van der Waals surface area contributed by atoms with Gasteiger partial charge in [-0.1, -0.05) is 24.3 Å². The zero-order valence-electron chi connectivity index (χ0n) is 17.1. The number of aryl methyl sites for hydroxylation is 1. The average Bonchev–Trinajstić information content (AvgIpc) is 3.20. The van der Waals surface area contributed by atoms with Gasteiger partial charge in [-0.2, -0.15) is 0 Å². The Labute approximate surface area is 176 Å². The van der Waals surface area contributed by atoms with Crippen molar-refractivity contribution < 1.29 is 19.1 Å². The molecular formula is C24H26N2O4. The summed E-state index contributed by atoms with van der Waals surface area (Å²) in [4.78, 5) is 38.6. The van der Waals surface area contributed by atoms with E-state index in [0.29, 0.717) is 18.5 Å². The van der Waals surface area contributed by atoms with Crippen molar-refractivity contribution in [1.29, 1.82) is 0 Å². The Hall–Kier alpha value is -3.15. The van der Waals surface area contributed by atoms with Crippen molar-refractivity contribution in [2.45, 2.75) is 51.2 Å². The van der Waals surface area contributed by atoms with E-state index in [4.69, 9.17) is 4.74 Å². The summed E-state index contributed by atoms with van der Waals surface area (Å²) in [6, 6.07) is 14.8. The lowest BCUT2D eigenvalue weighted by atomic mass is 9.87. The molecule has 0 unspecified atom stereocenters. The number of carbonyl (C=O) groups excluding carboxylic acids is 3. The van der Waals surface area contributed by atoms with Crippen LogP contribution in [0.5, 0.6) is 0 Å². The van der Waals surface area contributed by atoms with Crippen LogP contribution in [-0.2, 0) is 20.7 Å². The van der Waals surface area contributed by atoms with Crippen molar-refractivity contribution in [3.05, 3.63) is 65.2 Å². The third kappa shape index (κ3) is 4.22. The number of nitrogens with one attached hydrogen (secondary N) is 1. The van der Waals surface area contributed by atoms with Gasteiger partial charge in [0.25, 0.3) is 5.91 Å². The molecule has 2 atom stereocenters. The molecule has 1 N–H and O–H groups in total. The van der Waals surface area contributed by atoms with Gasteiger partial charge in [0, 0.05) is 18.7 Å². The molecule has 30 heavy (non-hydrogen) atoms. The lowest BCUT2D eigenvalue weighted by Crippen LogP contribution is -2.39. The second-order valence-electron chi connectivity index (χ2n) is 7.90. The van der Waals surface area contributed by atoms with Gasteiger partial charge in [0.1, 0.15) is 0 Å². The van der Waals surface area contributed by atoms with Gasteiger partial charge in [0.05, 0.1) is 11.6 Å². The van der Waals surface area contributed by atoms with E-state index in [2.05, 4.69) is 11.4 Å². The maximum Gasteiger partial charge on any atom is 0.338 e. The van der Waals surface area contributed by atoms with E-state index in [1.165, 1.54) is 5.56 Å². The number of rotatable bonds is 5. The first-order chi connectivity index (χ1) is 14.5. The van der Waals surface area contributed by atoms with Crippen LogP contribution in [0.25, 0.3) is 0 Å². The van der Waals surface area contributed by atoms with Crippen LogP contribution >= 0.6 is 0 Å². The summed E-state index contributed by atoms with van der Waals surface area (Å²) in [7, 11) is 0. The predicted octanol–water partition coefficient (Wildman–Crippen LogP) is 3.55. The summed E-state index contributed by atoms with van der Waals surface area (Å²) >= 11 is 0. The third-order valence-electron chi connectivity index (χ3n) is 5.83. The van der Waals surface area contributed by atoms with Gasteiger partial charge >= 0.3 is 5.97 Å². The van der Waals surface area contributed by atoms with Gasteiger partial charge in [-0.15, -0.1) is 0 Å². The fraction of sp³-hybridized carbons (Fsp3) is 0.375. The van der Waals surface area contributed by atoms with E-state index in [1.54, 1.807) is 36.1 Å². The van der Waals surface area contributed by atoms with Crippen LogP contribution in [0.4, 0.5) is 5.69 Å². The lowest BCUT2D eigenvalue weighted by Gasteiger charge is -2.27. The minimum atomic E-state index is -0.897. The van der Waals surface area contributed by atoms with Crippen molar-refractivity contribution in [1.82, 2.24) is 5.32 Å². The highest BCUT2D eigenvalue weighted by atomic mass is 16.5. The van der Waals surface area contributed by atoms with Crippen LogP contribution in [0.3, 0.4) is 0 Å². The number of nitrogens with zero attached hydrogens (tertiary/aromatic N) is 1. The second kappa shape index (κ2) is 8.69. The van der Waals surface area contributed by atoms with E-state index < -0.39 is 12.1 Å². The monoisotopic (exact) mass is 406 g/mol. The van der Waals surface area contributed by atoms with Gasteiger partial charge in [-0.25, -0.2) is 4.79 Å². The van der Waals surface area contributed by atoms with Crippen molar-refractivity contribution >= 4 is 23.5 Å². The van der Waals surface area contributed by atoms with Crippen molar-refractivity contribution in [3.63, 3.8) is 0 Å². The minimum absolute atomic E-state index is 0.0547. The molecule has 2 aliphatic rings. The lowest BCUT2D eigenvalue weighted by molar-refractivity contribution is -0.130. The molecule has 0 saturated carbocycles. The summed E-state index contributed by atoms with van der Waals surface area (Å²) in [6.07, 6.45) is 3.42. The molecule has 1 fully saturated rings. The first-order valence-corrected chi connectivity index (χ1v) is 10.5. The fourth-order valence-electron chi connectivity index (χ4n) is 4.17. The Balaban J connectivity index is 1.35. The zero-order chi connectivity index (χ0) is 21.1. The highest BCUT2D eigenvalue weighted by Gasteiger charge is 2.26. The fourth-order valence-corrected chi connectivity index (χ4v) is 4.17. The number of esters is 1. The zero-order valence-corrected chi connectivity index (χ0v) is 17.1. The maximum absolute atomic E-state index is 12.6. The number of ether oxygens (including phenoxy) is 1. The Bertz CT molecular complexity index is 954. The third-order valence-corrected chi connectivity index (χ3v) is 5.83. The van der Waals surface area contributed by atoms with E-state index in [1.807, 2.05) is 18.2 Å². The number of hydrogen-bond donors (Lipinski definition) is 1. The Morgan fingerprint density at radius 3 is 2.57 bits per heavy atom. The highest BCUT2D eigenvalue weighted by molar-refractivity contribution is 5.96. The Morgan fingerprint density at radius 1 is 1.07 bits per heavy atom. The number of carbonyl (C=O) groups is 3. The summed E-state index contributed by atoms with van der Waals surface area (Å²) < 4.78 is 5.38. The SMILES string of the molecule is C[C@@H](OC(=O)c1ccc(N2CCCC2=O)cc1)C(=O)N[C@H]1CCCc2ccccc21. The molecule has 1 aliphatic heterocycles. The molecule has 2 aromatic rings. The summed E-state index contributed by atoms with van der Waals surface area (Å²) in [5.41, 5.74) is 3.53. The van der Waals surface area contributed by atoms with E-state index >= 15 is 0 Å². The van der Waals surface area contributed by atoms with Crippen molar-refractivity contribution in [2.24, 2.45) is 0 Å². The van der Waals surface area contributed by atoms with Gasteiger partial charge in [-0.3, -0.25) is 9.59 Å². The average molecular weight is 406 g/mol. The standard InChI is InChI=1S/C24H26N2O4/c1-16(23(28)25-21-9-4-7-17-6-2-3-8-20(17)21)30-24(29)18-11-13-19(14-12-18)26-15-5-10-22(26)27/h2-3,6,8,11-14,16,21H,4-5,7,9-10,15H2,1H3,(H,25,28)/t16-,21+/m1/s1. The van der Waals surface area contributed by atoms with Crippen LogP contribution in [0.1, 0.15) is 60.1 Å². The van der Waals surface area contributed by atoms with Gasteiger partial charge in [-0.05, 0) is 68.0 Å². The number of benzene rings is 2. The van der Waals surface area contributed by atoms with Gasteiger partial charge in [0.15, 0.2) is 6.10 Å². The molecule has 6 heteroatoms. The molecule has 2 amide bonds. The smallest absolute Gasteiger partial charge is 0.338 e. The Kier molecular flexibility index (Phi) is 5.84. The highest BCUT2D eigenvalue weighted by Crippen LogP contribution is 2.29. The molecule has 2 aromatic carbocycles. The summed E-state index contributed by atoms with van der Waals surface area (Å²) in [5.74, 6) is -0.759. The molecule has 6 nitrogen and oxygen atoms in total. The topological polar surface area (TPSA) is 75.7 Å². The van der Waals surface area contributed by atoms with Crippen LogP contribution in [-0.4, -0.2) is 30.4 Å². The largest absolute Gasteiger partial charge is 0.449 e. The maximum atomic E-state index is 12.6. The molecule has 4 rings (SSSR count). The number of fused-ring (bicyclic) bond motifs is 1. The molecule has 0 bridgehead atoms. The minimum Gasteiger partial charge on any atom is -0.449 e. The summed E-state index contributed by atoms with van der Waals surface area (Å²) in [6.45, 7) is 2.28. The second-order valence-corrected chi connectivity index (χ2v) is 7.90. The van der Waals surface area contributed by atoms with Crippen molar-refractivity contribution in [3.8, 4) is 0 Å². The number of anilines is 1. The molecule has 1 aliphatic carbocycles. The van der Waals surface area contributed by atoms with Crippen LogP contribution in [0.15, 0.2) is 48.5 Å². The molecule has 0 aromatic heterocycles. The number of amides is 2. The Morgan fingerprint density at radius 2 is 1.83 bits per heavy atom. The molecule has 156 valence electrons. The molecule has 0 spiro atoms. The first-order valence-electron chi connectivity index (χ1n) is 10.5. The normalized spacial score (nSPS) is 19.2. The summed E-state index contributed by atoms with van der Waals surface area (Å²) in [5, 5.41) is 3.02. The van der Waals surface area contributed by atoms with Crippen LogP contribution in [0.2, 0.25) is 0 Å². The quantitative estimate of drug-likeness (QED) is 0.771. The first kappa shape index (κ1) is 20.1. The van der Waals surface area contributed by atoms with Crippen LogP contribution < -0.4 is 10.2 Å². The van der Waals surface area contributed by atoms with E-state index in [9.17, 15) is 14.4 Å². The predicted molar refractivity (Wildman–Crippen MR) is 113 cm³/mol.